The van der Waals surface area contributed by atoms with E-state index < -0.39 is 10.0 Å². The van der Waals surface area contributed by atoms with Crippen molar-refractivity contribution >= 4 is 27.4 Å². The zero-order chi connectivity index (χ0) is 22.0. The Balaban J connectivity index is 1.52. The lowest BCUT2D eigenvalue weighted by atomic mass is 10.1. The number of hydrogen-bond acceptors (Lipinski definition) is 6. The standard InChI is InChI=1S/C21H20ClFN4O3S/c1-30-19-6-5-16(22)12-20(19)31(28,29)27-9-7-26(8-10-27)21-13-18(24-14-25-21)15-3-2-4-17(23)11-15/h2-6,11-14H,7-10H2,1H3. The lowest BCUT2D eigenvalue weighted by Crippen LogP contribution is -2.49. The van der Waals surface area contributed by atoms with Gasteiger partial charge in [0.2, 0.25) is 10.0 Å². The van der Waals surface area contributed by atoms with Crippen LogP contribution in [-0.4, -0.2) is 56.0 Å². The van der Waals surface area contributed by atoms with Crippen LogP contribution in [-0.2, 0) is 10.0 Å². The predicted molar refractivity (Wildman–Crippen MR) is 116 cm³/mol. The van der Waals surface area contributed by atoms with E-state index in [0.717, 1.165) is 0 Å². The van der Waals surface area contributed by atoms with Gasteiger partial charge in [0, 0.05) is 42.8 Å². The van der Waals surface area contributed by atoms with Crippen LogP contribution < -0.4 is 9.64 Å². The molecule has 0 spiro atoms. The number of rotatable bonds is 5. The second-order valence-electron chi connectivity index (χ2n) is 6.96. The second-order valence-corrected chi connectivity index (χ2v) is 9.30. The lowest BCUT2D eigenvalue weighted by molar-refractivity contribution is 0.373. The number of anilines is 1. The number of hydrogen-bond donors (Lipinski definition) is 0. The Labute approximate surface area is 185 Å². The normalized spacial score (nSPS) is 15.1. The van der Waals surface area contributed by atoms with Crippen LogP contribution in [0.15, 0.2) is 59.8 Å². The summed E-state index contributed by atoms with van der Waals surface area (Å²) in [6.45, 7) is 1.44. The fourth-order valence-corrected chi connectivity index (χ4v) is 5.31. The van der Waals surface area contributed by atoms with Crippen molar-refractivity contribution in [2.75, 3.05) is 38.2 Å². The van der Waals surface area contributed by atoms with Gasteiger partial charge in [-0.05, 0) is 30.3 Å². The van der Waals surface area contributed by atoms with Crippen molar-refractivity contribution in [3.8, 4) is 17.0 Å². The van der Waals surface area contributed by atoms with Crippen LogP contribution >= 0.6 is 11.6 Å². The minimum absolute atomic E-state index is 0.0476. The molecule has 2 heterocycles. The van der Waals surface area contributed by atoms with Gasteiger partial charge in [-0.2, -0.15) is 4.31 Å². The Morgan fingerprint density at radius 3 is 2.52 bits per heavy atom. The molecular formula is C21H20ClFN4O3S. The van der Waals surface area contributed by atoms with Crippen LogP contribution in [0.5, 0.6) is 5.75 Å². The third kappa shape index (κ3) is 4.48. The van der Waals surface area contributed by atoms with Crippen molar-refractivity contribution in [2.45, 2.75) is 4.90 Å². The fourth-order valence-electron chi connectivity index (χ4n) is 3.47. The first-order valence-corrected chi connectivity index (χ1v) is 11.4. The molecule has 2 aromatic carbocycles. The molecule has 4 rings (SSSR count). The quantitative estimate of drug-likeness (QED) is 0.578. The van der Waals surface area contributed by atoms with Crippen molar-refractivity contribution < 1.29 is 17.5 Å². The maximum atomic E-state index is 13.5. The van der Waals surface area contributed by atoms with Crippen molar-refractivity contribution in [1.82, 2.24) is 14.3 Å². The number of piperazine rings is 1. The Hall–Kier alpha value is -2.75. The van der Waals surface area contributed by atoms with Gasteiger partial charge in [-0.25, -0.2) is 22.8 Å². The highest BCUT2D eigenvalue weighted by molar-refractivity contribution is 7.89. The van der Waals surface area contributed by atoms with E-state index in [1.165, 1.54) is 35.9 Å². The summed E-state index contributed by atoms with van der Waals surface area (Å²) in [6, 6.07) is 12.5. The topological polar surface area (TPSA) is 75.6 Å². The molecule has 1 aliphatic heterocycles. The van der Waals surface area contributed by atoms with Crippen LogP contribution in [0, 0.1) is 5.82 Å². The van der Waals surface area contributed by atoms with Crippen LogP contribution in [0.25, 0.3) is 11.3 Å². The largest absolute Gasteiger partial charge is 0.495 e. The molecule has 1 aliphatic rings. The Morgan fingerprint density at radius 2 is 1.81 bits per heavy atom. The van der Waals surface area contributed by atoms with Crippen molar-refractivity contribution in [2.24, 2.45) is 0 Å². The molecular weight excluding hydrogens is 443 g/mol. The first-order valence-electron chi connectivity index (χ1n) is 9.55. The van der Waals surface area contributed by atoms with E-state index in [4.69, 9.17) is 16.3 Å². The minimum Gasteiger partial charge on any atom is -0.495 e. The number of halogens is 2. The monoisotopic (exact) mass is 462 g/mol. The molecule has 0 atom stereocenters. The maximum absolute atomic E-state index is 13.5. The zero-order valence-corrected chi connectivity index (χ0v) is 18.3. The molecule has 10 heteroatoms. The summed E-state index contributed by atoms with van der Waals surface area (Å²) < 4.78 is 46.5. The van der Waals surface area contributed by atoms with Crippen molar-refractivity contribution in [1.29, 1.82) is 0 Å². The number of benzene rings is 2. The van der Waals surface area contributed by atoms with Gasteiger partial charge in [-0.1, -0.05) is 23.7 Å². The summed E-state index contributed by atoms with van der Waals surface area (Å²) >= 11 is 6.01. The highest BCUT2D eigenvalue weighted by atomic mass is 35.5. The van der Waals surface area contributed by atoms with Crippen molar-refractivity contribution in [3.63, 3.8) is 0 Å². The minimum atomic E-state index is -3.77. The van der Waals surface area contributed by atoms with Crippen molar-refractivity contribution in [3.05, 3.63) is 65.7 Å². The molecule has 1 fully saturated rings. The predicted octanol–water partition coefficient (Wildman–Crippen LogP) is 3.46. The lowest BCUT2D eigenvalue weighted by Gasteiger charge is -2.34. The molecule has 0 radical (unpaired) electrons. The van der Waals surface area contributed by atoms with Crippen LogP contribution in [0.4, 0.5) is 10.2 Å². The van der Waals surface area contributed by atoms with E-state index in [-0.39, 0.29) is 29.6 Å². The second kappa shape index (κ2) is 8.78. The number of methoxy groups -OCH3 is 1. The van der Waals surface area contributed by atoms with Gasteiger partial charge in [0.05, 0.1) is 12.8 Å². The third-order valence-electron chi connectivity index (χ3n) is 5.08. The van der Waals surface area contributed by atoms with E-state index in [0.29, 0.717) is 35.2 Å². The van der Waals surface area contributed by atoms with E-state index >= 15 is 0 Å². The van der Waals surface area contributed by atoms with E-state index in [9.17, 15) is 12.8 Å². The van der Waals surface area contributed by atoms with Gasteiger partial charge in [-0.3, -0.25) is 0 Å². The highest BCUT2D eigenvalue weighted by Gasteiger charge is 2.31. The van der Waals surface area contributed by atoms with Gasteiger partial charge in [-0.15, -0.1) is 0 Å². The smallest absolute Gasteiger partial charge is 0.246 e. The number of ether oxygens (including phenoxy) is 1. The summed E-state index contributed by atoms with van der Waals surface area (Å²) in [5.74, 6) is 0.571. The van der Waals surface area contributed by atoms with Crippen LogP contribution in [0.3, 0.4) is 0 Å². The van der Waals surface area contributed by atoms with E-state index in [1.807, 2.05) is 4.90 Å². The van der Waals surface area contributed by atoms with Gasteiger partial charge in [0.1, 0.15) is 28.6 Å². The molecule has 0 unspecified atom stereocenters. The Bertz CT molecular complexity index is 1200. The molecule has 1 saturated heterocycles. The van der Waals surface area contributed by atoms with Crippen LogP contribution in [0.1, 0.15) is 0 Å². The summed E-state index contributed by atoms with van der Waals surface area (Å²) in [5.41, 5.74) is 1.25. The zero-order valence-electron chi connectivity index (χ0n) is 16.7. The van der Waals surface area contributed by atoms with Gasteiger partial charge < -0.3 is 9.64 Å². The molecule has 0 N–H and O–H groups in total. The molecule has 3 aromatic rings. The molecule has 162 valence electrons. The van der Waals surface area contributed by atoms with E-state index in [1.54, 1.807) is 30.3 Å². The van der Waals surface area contributed by atoms with Gasteiger partial charge in [0.25, 0.3) is 0 Å². The average molecular weight is 463 g/mol. The number of aromatic nitrogens is 2. The summed E-state index contributed by atoms with van der Waals surface area (Å²) in [4.78, 5) is 10.6. The Kier molecular flexibility index (Phi) is 6.08. The third-order valence-corrected chi connectivity index (χ3v) is 7.23. The molecule has 0 bridgehead atoms. The molecule has 0 saturated carbocycles. The summed E-state index contributed by atoms with van der Waals surface area (Å²) in [7, 11) is -2.34. The number of sulfonamides is 1. The highest BCUT2D eigenvalue weighted by Crippen LogP contribution is 2.30. The van der Waals surface area contributed by atoms with Gasteiger partial charge in [0.15, 0.2) is 0 Å². The molecule has 0 aliphatic carbocycles. The Morgan fingerprint density at radius 1 is 1.03 bits per heavy atom. The SMILES string of the molecule is COc1ccc(Cl)cc1S(=O)(=O)N1CCN(c2cc(-c3cccc(F)c3)ncn2)CC1. The first kappa shape index (κ1) is 21.5. The molecule has 31 heavy (non-hydrogen) atoms. The first-order chi connectivity index (χ1) is 14.9. The maximum Gasteiger partial charge on any atom is 0.246 e. The van der Waals surface area contributed by atoms with Crippen LogP contribution in [0.2, 0.25) is 5.02 Å². The molecule has 1 aromatic heterocycles. The summed E-state index contributed by atoms with van der Waals surface area (Å²) in [6.07, 6.45) is 1.43. The summed E-state index contributed by atoms with van der Waals surface area (Å²) in [5, 5.41) is 0.323. The molecule has 7 nitrogen and oxygen atoms in total. The average Bonchev–Trinajstić information content (AvgIpc) is 2.79. The fraction of sp³-hybridized carbons (Fsp3) is 0.238. The molecule has 0 amide bonds. The van der Waals surface area contributed by atoms with Gasteiger partial charge >= 0.3 is 0 Å². The van der Waals surface area contributed by atoms with E-state index in [2.05, 4.69) is 9.97 Å². The number of nitrogens with zero attached hydrogens (tertiary/aromatic N) is 4.